The average Bonchev–Trinajstić information content (AvgIpc) is 2.62. The van der Waals surface area contributed by atoms with Crippen LogP contribution in [0, 0.1) is 0 Å². The van der Waals surface area contributed by atoms with Gasteiger partial charge in [0.15, 0.2) is 11.9 Å². The summed E-state index contributed by atoms with van der Waals surface area (Å²) in [6, 6.07) is 10.2. The molecule has 0 aliphatic carbocycles. The van der Waals surface area contributed by atoms with Crippen molar-refractivity contribution in [3.63, 3.8) is 0 Å². The number of nitrogen functional groups attached to an aromatic ring is 4. The van der Waals surface area contributed by atoms with Crippen LogP contribution in [0.3, 0.4) is 0 Å². The minimum Gasteiger partial charge on any atom is -0.422 e. The third kappa shape index (κ3) is 5.54. The second-order valence-electron chi connectivity index (χ2n) is 5.52. The van der Waals surface area contributed by atoms with Crippen molar-refractivity contribution >= 4 is 29.0 Å². The van der Waals surface area contributed by atoms with Crippen molar-refractivity contribution in [1.29, 1.82) is 0 Å². The summed E-state index contributed by atoms with van der Waals surface area (Å²) >= 11 is 0. The number of carbonyl (C=O) groups excluding carboxylic acids is 1. The molecule has 1 atom stereocenters. The number of nitrogens with two attached hydrogens (primary N) is 4. The highest BCUT2D eigenvalue weighted by atomic mass is 16.6. The third-order valence-electron chi connectivity index (χ3n) is 3.55. The molecule has 1 aliphatic heterocycles. The van der Waals surface area contributed by atoms with Crippen molar-refractivity contribution in [3.05, 3.63) is 36.4 Å². The van der Waals surface area contributed by atoms with Crippen LogP contribution in [-0.4, -0.2) is 23.7 Å². The number of carbonyl (C=O) groups is 1. The zero-order valence-corrected chi connectivity index (χ0v) is 13.9. The van der Waals surface area contributed by atoms with Gasteiger partial charge in [0, 0.05) is 6.61 Å². The molecule has 1 aromatic heterocycles. The van der Waals surface area contributed by atoms with Crippen molar-refractivity contribution in [2.45, 2.75) is 25.4 Å². The zero-order valence-electron chi connectivity index (χ0n) is 13.9. The Bertz CT molecular complexity index is 717. The molecule has 0 radical (unpaired) electrons. The first-order valence-electron chi connectivity index (χ1n) is 7.92. The number of ether oxygens (including phenoxy) is 2. The van der Waals surface area contributed by atoms with Crippen LogP contribution in [0.5, 0.6) is 5.75 Å². The van der Waals surface area contributed by atoms with Crippen molar-refractivity contribution in [1.82, 2.24) is 4.98 Å². The van der Waals surface area contributed by atoms with E-state index in [9.17, 15) is 4.79 Å². The average molecular weight is 345 g/mol. The number of para-hydroxylation sites is 2. The Morgan fingerprint density at radius 3 is 2.40 bits per heavy atom. The number of nitrogens with zero attached hydrogens (tertiary/aromatic N) is 1. The largest absolute Gasteiger partial charge is 0.422 e. The van der Waals surface area contributed by atoms with Gasteiger partial charge in [-0.05, 0) is 43.5 Å². The molecule has 1 aromatic carbocycles. The fraction of sp³-hybridized carbons (Fsp3) is 0.294. The molecule has 25 heavy (non-hydrogen) atoms. The van der Waals surface area contributed by atoms with E-state index in [0.717, 1.165) is 19.3 Å². The Morgan fingerprint density at radius 1 is 1.04 bits per heavy atom. The van der Waals surface area contributed by atoms with Crippen LogP contribution in [0.2, 0.25) is 0 Å². The van der Waals surface area contributed by atoms with E-state index in [1.165, 1.54) is 0 Å². The Labute approximate surface area is 146 Å². The third-order valence-corrected chi connectivity index (χ3v) is 3.55. The minimum absolute atomic E-state index is 0.287. The fourth-order valence-corrected chi connectivity index (χ4v) is 2.18. The van der Waals surface area contributed by atoms with E-state index in [1.54, 1.807) is 36.4 Å². The van der Waals surface area contributed by atoms with Crippen molar-refractivity contribution < 1.29 is 14.3 Å². The fourth-order valence-electron chi connectivity index (χ4n) is 2.18. The standard InChI is InChI=1S/C12H15NO3.C5H8N4/c13-9-5-1-2-6-10(9)16-12(14)11-7-3-4-8-15-11;6-3-1-2-4(7)9-5(3)8/h1-2,5-6,11H,3-4,7-8,13H2;1-2H,6H2,(H4,7,8,9). The van der Waals surface area contributed by atoms with E-state index < -0.39 is 6.10 Å². The van der Waals surface area contributed by atoms with E-state index >= 15 is 0 Å². The molecule has 134 valence electrons. The predicted octanol–water partition coefficient (Wildman–Crippen LogP) is 1.57. The molecule has 2 aromatic rings. The quantitative estimate of drug-likeness (QED) is 0.363. The molecule has 1 fully saturated rings. The SMILES string of the molecule is Nc1ccc(N)c(N)n1.Nc1ccccc1OC(=O)C1CCCCO1. The van der Waals surface area contributed by atoms with Crippen LogP contribution < -0.4 is 27.7 Å². The van der Waals surface area contributed by atoms with E-state index in [1.807, 2.05) is 0 Å². The van der Waals surface area contributed by atoms with Gasteiger partial charge < -0.3 is 32.4 Å². The van der Waals surface area contributed by atoms with Crippen LogP contribution in [0.25, 0.3) is 0 Å². The van der Waals surface area contributed by atoms with Gasteiger partial charge in [-0.2, -0.15) is 0 Å². The van der Waals surface area contributed by atoms with Gasteiger partial charge in [-0.3, -0.25) is 0 Å². The van der Waals surface area contributed by atoms with Gasteiger partial charge in [0.1, 0.15) is 11.6 Å². The molecule has 1 unspecified atom stereocenters. The maximum atomic E-state index is 11.7. The molecule has 1 saturated heterocycles. The Balaban J connectivity index is 0.000000212. The number of rotatable bonds is 2. The van der Waals surface area contributed by atoms with E-state index in [-0.39, 0.29) is 11.8 Å². The molecule has 8 N–H and O–H groups in total. The monoisotopic (exact) mass is 345 g/mol. The number of esters is 1. The van der Waals surface area contributed by atoms with E-state index in [0.29, 0.717) is 29.5 Å². The number of aromatic nitrogens is 1. The number of hydrogen-bond donors (Lipinski definition) is 4. The lowest BCUT2D eigenvalue weighted by Gasteiger charge is -2.20. The lowest BCUT2D eigenvalue weighted by atomic mass is 10.1. The summed E-state index contributed by atoms with van der Waals surface area (Å²) in [6.07, 6.45) is 2.31. The summed E-state index contributed by atoms with van der Waals surface area (Å²) in [5, 5.41) is 0. The van der Waals surface area contributed by atoms with Gasteiger partial charge in [0.25, 0.3) is 0 Å². The second kappa shape index (κ2) is 8.74. The molecular weight excluding hydrogens is 322 g/mol. The molecule has 0 saturated carbocycles. The van der Waals surface area contributed by atoms with Crippen LogP contribution >= 0.6 is 0 Å². The lowest BCUT2D eigenvalue weighted by molar-refractivity contribution is -0.150. The molecule has 8 heteroatoms. The molecule has 3 rings (SSSR count). The normalized spacial score (nSPS) is 16.4. The Kier molecular flexibility index (Phi) is 6.41. The maximum Gasteiger partial charge on any atom is 0.340 e. The first-order valence-corrected chi connectivity index (χ1v) is 7.92. The first kappa shape index (κ1) is 18.3. The van der Waals surface area contributed by atoms with Crippen molar-refractivity contribution in [2.24, 2.45) is 0 Å². The highest BCUT2D eigenvalue weighted by Crippen LogP contribution is 2.22. The smallest absolute Gasteiger partial charge is 0.340 e. The first-order chi connectivity index (χ1) is 12.0. The molecule has 0 amide bonds. The van der Waals surface area contributed by atoms with Crippen molar-refractivity contribution in [3.8, 4) is 5.75 Å². The predicted molar refractivity (Wildman–Crippen MR) is 97.6 cm³/mol. The molecular formula is C17H23N5O3. The van der Waals surface area contributed by atoms with Crippen LogP contribution in [0.4, 0.5) is 23.0 Å². The van der Waals surface area contributed by atoms with Gasteiger partial charge in [-0.15, -0.1) is 0 Å². The molecule has 1 aliphatic rings. The highest BCUT2D eigenvalue weighted by Gasteiger charge is 2.24. The van der Waals surface area contributed by atoms with E-state index in [2.05, 4.69) is 4.98 Å². The highest BCUT2D eigenvalue weighted by molar-refractivity contribution is 5.78. The molecule has 8 nitrogen and oxygen atoms in total. The molecule has 0 spiro atoms. The van der Waals surface area contributed by atoms with E-state index in [4.69, 9.17) is 32.4 Å². The summed E-state index contributed by atoms with van der Waals surface area (Å²) in [7, 11) is 0. The van der Waals surface area contributed by atoms with Crippen molar-refractivity contribution in [2.75, 3.05) is 29.5 Å². The molecule has 0 bridgehead atoms. The molecule has 2 heterocycles. The second-order valence-corrected chi connectivity index (χ2v) is 5.52. The summed E-state index contributed by atoms with van der Waals surface area (Å²) in [5.74, 6) is 0.732. The van der Waals surface area contributed by atoms with Gasteiger partial charge in [-0.1, -0.05) is 12.1 Å². The minimum atomic E-state index is -0.437. The van der Waals surface area contributed by atoms with Crippen LogP contribution in [-0.2, 0) is 9.53 Å². The van der Waals surface area contributed by atoms with Crippen LogP contribution in [0.15, 0.2) is 36.4 Å². The maximum absolute atomic E-state index is 11.7. The number of hydrogen-bond acceptors (Lipinski definition) is 8. The van der Waals surface area contributed by atoms with Gasteiger partial charge >= 0.3 is 5.97 Å². The van der Waals surface area contributed by atoms with Gasteiger partial charge in [0.2, 0.25) is 0 Å². The zero-order chi connectivity index (χ0) is 18.2. The van der Waals surface area contributed by atoms with Gasteiger partial charge in [0.05, 0.1) is 11.4 Å². The lowest BCUT2D eigenvalue weighted by Crippen LogP contribution is -2.31. The Hall–Kier alpha value is -3.00. The summed E-state index contributed by atoms with van der Waals surface area (Å²) in [5.41, 5.74) is 22.5. The van der Waals surface area contributed by atoms with Gasteiger partial charge in [-0.25, -0.2) is 9.78 Å². The Morgan fingerprint density at radius 2 is 1.80 bits per heavy atom. The summed E-state index contributed by atoms with van der Waals surface area (Å²) in [6.45, 7) is 0.629. The topological polar surface area (TPSA) is 152 Å². The summed E-state index contributed by atoms with van der Waals surface area (Å²) < 4.78 is 10.5. The number of benzene rings is 1. The van der Waals surface area contributed by atoms with Crippen LogP contribution in [0.1, 0.15) is 19.3 Å². The number of pyridine rings is 1. The number of anilines is 4. The summed E-state index contributed by atoms with van der Waals surface area (Å²) in [4.78, 5) is 15.4.